The quantitative estimate of drug-likeness (QED) is 0.401. The number of urea groups is 1. The molecule has 3 amide bonds. The third-order valence-electron chi connectivity index (χ3n) is 3.82. The minimum absolute atomic E-state index is 0.271. The molecular formula is C18H14N6O2S2. The number of nitrogens with two attached hydrogens (primary N) is 1. The van der Waals surface area contributed by atoms with E-state index in [1.165, 1.54) is 29.0 Å². The van der Waals surface area contributed by atoms with Crippen molar-refractivity contribution in [2.75, 3.05) is 21.7 Å². The maximum atomic E-state index is 12.6. The summed E-state index contributed by atoms with van der Waals surface area (Å²) in [5.41, 5.74) is 8.23. The number of thiophene rings is 2. The lowest BCUT2D eigenvalue weighted by atomic mass is 10.2. The summed E-state index contributed by atoms with van der Waals surface area (Å²) in [6.45, 7) is 0. The monoisotopic (exact) mass is 410 g/mol. The fourth-order valence-corrected chi connectivity index (χ4v) is 4.01. The number of nitrogens with one attached hydrogen (secondary N) is 3. The van der Waals surface area contributed by atoms with Crippen LogP contribution in [-0.4, -0.2) is 21.9 Å². The van der Waals surface area contributed by atoms with Gasteiger partial charge in [0.2, 0.25) is 0 Å². The van der Waals surface area contributed by atoms with E-state index in [0.717, 1.165) is 5.69 Å². The summed E-state index contributed by atoms with van der Waals surface area (Å²) in [6.07, 6.45) is 1.37. The van der Waals surface area contributed by atoms with E-state index >= 15 is 0 Å². The second-order valence-electron chi connectivity index (χ2n) is 5.71. The molecule has 0 spiro atoms. The van der Waals surface area contributed by atoms with Crippen LogP contribution in [0.4, 0.5) is 27.7 Å². The number of carbonyl (C=O) groups is 2. The summed E-state index contributed by atoms with van der Waals surface area (Å²) in [5, 5.41) is 14.2. The molecule has 28 heavy (non-hydrogen) atoms. The number of fused-ring (bicyclic) bond motifs is 1. The van der Waals surface area contributed by atoms with Crippen LogP contribution in [0, 0.1) is 0 Å². The largest absolute Gasteiger partial charge is 0.383 e. The number of carbonyl (C=O) groups excluding carboxylic acids is 2. The van der Waals surface area contributed by atoms with Crippen LogP contribution < -0.4 is 21.7 Å². The highest BCUT2D eigenvalue weighted by Crippen LogP contribution is 2.28. The van der Waals surface area contributed by atoms with Gasteiger partial charge in [0.15, 0.2) is 0 Å². The van der Waals surface area contributed by atoms with Gasteiger partial charge in [-0.05, 0) is 35.7 Å². The summed E-state index contributed by atoms with van der Waals surface area (Å²) in [5.74, 6) is -0.0313. The summed E-state index contributed by atoms with van der Waals surface area (Å²) in [4.78, 5) is 33.3. The van der Waals surface area contributed by atoms with E-state index in [-0.39, 0.29) is 17.8 Å². The summed E-state index contributed by atoms with van der Waals surface area (Å²) < 4.78 is 0. The first-order valence-electron chi connectivity index (χ1n) is 8.09. The molecular weight excluding hydrogens is 396 g/mol. The Kier molecular flexibility index (Phi) is 4.87. The van der Waals surface area contributed by atoms with Gasteiger partial charge in [0.05, 0.1) is 16.6 Å². The molecule has 4 rings (SSSR count). The van der Waals surface area contributed by atoms with E-state index in [4.69, 9.17) is 5.73 Å². The van der Waals surface area contributed by atoms with Crippen LogP contribution in [0.25, 0.3) is 10.2 Å². The van der Waals surface area contributed by atoms with Gasteiger partial charge in [-0.1, -0.05) is 0 Å². The number of benzene rings is 1. The molecule has 5 N–H and O–H groups in total. The van der Waals surface area contributed by atoms with Crippen LogP contribution in [-0.2, 0) is 0 Å². The van der Waals surface area contributed by atoms with Gasteiger partial charge in [-0.15, -0.1) is 11.3 Å². The average molecular weight is 410 g/mol. The Morgan fingerprint density at radius 2 is 1.61 bits per heavy atom. The Labute approximate surface area is 167 Å². The highest BCUT2D eigenvalue weighted by Gasteiger charge is 2.16. The number of hydrogen-bond donors (Lipinski definition) is 4. The minimum Gasteiger partial charge on any atom is -0.383 e. The first-order chi connectivity index (χ1) is 13.6. The van der Waals surface area contributed by atoms with E-state index < -0.39 is 0 Å². The number of hydrogen-bond acceptors (Lipinski definition) is 7. The van der Waals surface area contributed by atoms with Crippen molar-refractivity contribution in [3.63, 3.8) is 0 Å². The van der Waals surface area contributed by atoms with Crippen LogP contribution in [0.5, 0.6) is 0 Å². The molecule has 0 radical (unpaired) electrons. The Balaban J connectivity index is 1.42. The van der Waals surface area contributed by atoms with Crippen molar-refractivity contribution in [3.8, 4) is 0 Å². The van der Waals surface area contributed by atoms with Crippen LogP contribution >= 0.6 is 22.7 Å². The second kappa shape index (κ2) is 7.62. The minimum atomic E-state index is -0.338. The molecule has 1 aromatic carbocycles. The molecule has 8 nitrogen and oxygen atoms in total. The standard InChI is InChI=1S/C18H14N6O2S2/c19-15-14-13(8-28-17(14)21-9-20-15)16(25)22-10-1-3-11(4-2-10)23-18(26)24-12-5-6-27-7-12/h1-9H,(H,22,25)(H2,19,20,21)(H2,23,24,26). The molecule has 0 saturated heterocycles. The van der Waals surface area contributed by atoms with E-state index in [1.54, 1.807) is 29.6 Å². The summed E-state index contributed by atoms with van der Waals surface area (Å²) >= 11 is 2.83. The predicted molar refractivity (Wildman–Crippen MR) is 113 cm³/mol. The molecule has 0 aliphatic heterocycles. The van der Waals surface area contributed by atoms with Gasteiger partial charge in [-0.2, -0.15) is 11.3 Å². The van der Waals surface area contributed by atoms with Crippen molar-refractivity contribution >= 4 is 67.7 Å². The lowest BCUT2D eigenvalue weighted by Crippen LogP contribution is -2.19. The summed E-state index contributed by atoms with van der Waals surface area (Å²) in [7, 11) is 0. The lowest BCUT2D eigenvalue weighted by molar-refractivity contribution is 0.102. The number of nitrogen functional groups attached to an aromatic ring is 1. The fraction of sp³-hybridized carbons (Fsp3) is 0. The van der Waals surface area contributed by atoms with Crippen molar-refractivity contribution in [3.05, 3.63) is 58.4 Å². The molecule has 3 aromatic heterocycles. The Morgan fingerprint density at radius 3 is 2.32 bits per heavy atom. The van der Waals surface area contributed by atoms with Gasteiger partial charge in [0, 0.05) is 22.1 Å². The van der Waals surface area contributed by atoms with Crippen molar-refractivity contribution in [2.45, 2.75) is 0 Å². The third kappa shape index (κ3) is 3.77. The van der Waals surface area contributed by atoms with E-state index in [0.29, 0.717) is 27.2 Å². The molecule has 0 aliphatic carbocycles. The van der Waals surface area contributed by atoms with Crippen molar-refractivity contribution in [2.24, 2.45) is 0 Å². The molecule has 3 heterocycles. The first-order valence-corrected chi connectivity index (χ1v) is 9.91. The maximum absolute atomic E-state index is 12.6. The average Bonchev–Trinajstić information content (AvgIpc) is 3.33. The van der Waals surface area contributed by atoms with Crippen molar-refractivity contribution in [1.29, 1.82) is 0 Å². The molecule has 140 valence electrons. The molecule has 0 fully saturated rings. The zero-order valence-electron chi connectivity index (χ0n) is 14.3. The molecule has 4 aromatic rings. The Bertz CT molecular complexity index is 1140. The second-order valence-corrected chi connectivity index (χ2v) is 7.35. The summed E-state index contributed by atoms with van der Waals surface area (Å²) in [6, 6.07) is 8.28. The van der Waals surface area contributed by atoms with E-state index in [1.807, 2.05) is 16.8 Å². The van der Waals surface area contributed by atoms with Crippen molar-refractivity contribution < 1.29 is 9.59 Å². The zero-order chi connectivity index (χ0) is 19.5. The Hall–Kier alpha value is -3.50. The Morgan fingerprint density at radius 1 is 0.893 bits per heavy atom. The lowest BCUT2D eigenvalue weighted by Gasteiger charge is -2.08. The van der Waals surface area contributed by atoms with Crippen LogP contribution in [0.3, 0.4) is 0 Å². The van der Waals surface area contributed by atoms with Gasteiger partial charge in [-0.25, -0.2) is 14.8 Å². The number of amides is 3. The van der Waals surface area contributed by atoms with Crippen LogP contribution in [0.1, 0.15) is 10.4 Å². The van der Waals surface area contributed by atoms with E-state index in [2.05, 4.69) is 25.9 Å². The van der Waals surface area contributed by atoms with E-state index in [9.17, 15) is 9.59 Å². The molecule has 0 saturated carbocycles. The first kappa shape index (κ1) is 17.9. The number of aromatic nitrogens is 2. The molecule has 0 aliphatic rings. The van der Waals surface area contributed by atoms with Gasteiger partial charge in [0.25, 0.3) is 5.91 Å². The normalized spacial score (nSPS) is 10.6. The van der Waals surface area contributed by atoms with Gasteiger partial charge < -0.3 is 21.7 Å². The molecule has 0 bridgehead atoms. The number of anilines is 4. The highest BCUT2D eigenvalue weighted by atomic mass is 32.1. The van der Waals surface area contributed by atoms with Crippen LogP contribution in [0.15, 0.2) is 52.8 Å². The number of rotatable bonds is 4. The highest BCUT2D eigenvalue weighted by molar-refractivity contribution is 7.17. The predicted octanol–water partition coefficient (Wildman–Crippen LogP) is 4.23. The van der Waals surface area contributed by atoms with Gasteiger partial charge in [-0.3, -0.25) is 4.79 Å². The fourth-order valence-electron chi connectivity index (χ4n) is 2.53. The third-order valence-corrected chi connectivity index (χ3v) is 5.39. The van der Waals surface area contributed by atoms with Crippen molar-refractivity contribution in [1.82, 2.24) is 9.97 Å². The van der Waals surface area contributed by atoms with Gasteiger partial charge >= 0.3 is 6.03 Å². The van der Waals surface area contributed by atoms with Gasteiger partial charge in [0.1, 0.15) is 17.0 Å². The molecule has 10 heteroatoms. The SMILES string of the molecule is Nc1ncnc2scc(C(=O)Nc3ccc(NC(=O)Nc4ccsc4)cc3)c12. The topological polar surface area (TPSA) is 122 Å². The zero-order valence-corrected chi connectivity index (χ0v) is 15.9. The molecule has 0 atom stereocenters. The smallest absolute Gasteiger partial charge is 0.323 e. The number of nitrogens with zero attached hydrogens (tertiary/aromatic N) is 2. The molecule has 0 unspecified atom stereocenters. The van der Waals surface area contributed by atoms with Crippen LogP contribution in [0.2, 0.25) is 0 Å². The maximum Gasteiger partial charge on any atom is 0.323 e.